The molecule has 36 heavy (non-hydrogen) atoms. The maximum Gasteiger partial charge on any atom is 0.335 e. The lowest BCUT2D eigenvalue weighted by Crippen LogP contribution is -2.53. The highest BCUT2D eigenvalue weighted by Crippen LogP contribution is 2.12. The molecule has 1 aliphatic heterocycles. The van der Waals surface area contributed by atoms with E-state index in [0.29, 0.717) is 25.8 Å². The maximum absolute atomic E-state index is 12.8. The lowest BCUT2D eigenvalue weighted by atomic mass is 10.0. The van der Waals surface area contributed by atoms with Gasteiger partial charge in [0.1, 0.15) is 12.1 Å². The molecule has 1 heterocycles. The van der Waals surface area contributed by atoms with Gasteiger partial charge in [-0.1, -0.05) is 26.3 Å². The van der Waals surface area contributed by atoms with E-state index in [1.165, 1.54) is 43.3 Å². The van der Waals surface area contributed by atoms with Crippen molar-refractivity contribution in [3.63, 3.8) is 0 Å². The van der Waals surface area contributed by atoms with Gasteiger partial charge in [0.05, 0.1) is 5.56 Å². The molecular weight excluding hydrogens is 468 g/mol. The molecule has 194 valence electrons. The average Bonchev–Trinajstić information content (AvgIpc) is 3.14. The Bertz CT molecular complexity index is 1030. The number of nitrogens with one attached hydrogen (secondary N) is 3. The molecular formula is C25H32N4O7. The van der Waals surface area contributed by atoms with Crippen LogP contribution in [0.1, 0.15) is 56.8 Å². The molecule has 0 unspecified atom stereocenters. The normalized spacial score (nSPS) is 14.5. The zero-order valence-corrected chi connectivity index (χ0v) is 20.6. The van der Waals surface area contributed by atoms with Gasteiger partial charge in [-0.15, -0.1) is 0 Å². The second-order valence-electron chi connectivity index (χ2n) is 8.87. The number of aromatic carboxylic acids is 1. The average molecular weight is 501 g/mol. The number of benzene rings is 1. The van der Waals surface area contributed by atoms with E-state index < -0.39 is 29.9 Å². The fourth-order valence-corrected chi connectivity index (χ4v) is 3.51. The molecule has 0 fully saturated rings. The van der Waals surface area contributed by atoms with Gasteiger partial charge in [0.25, 0.3) is 11.8 Å². The molecule has 1 aromatic rings. The molecule has 0 spiro atoms. The summed E-state index contributed by atoms with van der Waals surface area (Å²) in [6.45, 7) is 5.32. The summed E-state index contributed by atoms with van der Waals surface area (Å²) >= 11 is 0. The topological polar surface area (TPSA) is 162 Å². The van der Waals surface area contributed by atoms with Gasteiger partial charge in [-0.25, -0.2) is 4.79 Å². The Kier molecular flexibility index (Phi) is 10.3. The molecule has 1 aromatic carbocycles. The van der Waals surface area contributed by atoms with E-state index in [9.17, 15) is 28.8 Å². The molecule has 11 nitrogen and oxygen atoms in total. The molecule has 2 atom stereocenters. The van der Waals surface area contributed by atoms with Crippen molar-refractivity contribution in [2.75, 3.05) is 11.9 Å². The van der Waals surface area contributed by atoms with Gasteiger partial charge in [0.2, 0.25) is 17.7 Å². The first-order valence-corrected chi connectivity index (χ1v) is 11.8. The van der Waals surface area contributed by atoms with E-state index in [-0.39, 0.29) is 41.3 Å². The molecule has 0 radical (unpaired) electrons. The number of imide groups is 1. The summed E-state index contributed by atoms with van der Waals surface area (Å²) < 4.78 is 0. The Labute approximate surface area is 209 Å². The number of carboxylic acid groups (broad SMARTS) is 1. The number of carbonyl (C=O) groups is 6. The Balaban J connectivity index is 1.78. The van der Waals surface area contributed by atoms with Gasteiger partial charge in [-0.2, -0.15) is 0 Å². The van der Waals surface area contributed by atoms with Crippen molar-refractivity contribution in [3.05, 3.63) is 42.0 Å². The number of nitrogens with zero attached hydrogens (tertiary/aromatic N) is 1. The third kappa shape index (κ3) is 8.33. The van der Waals surface area contributed by atoms with Crippen molar-refractivity contribution in [3.8, 4) is 0 Å². The van der Waals surface area contributed by atoms with Crippen molar-refractivity contribution in [2.24, 2.45) is 5.92 Å². The van der Waals surface area contributed by atoms with Gasteiger partial charge in [-0.05, 0) is 43.9 Å². The molecule has 1 aliphatic rings. The smallest absolute Gasteiger partial charge is 0.335 e. The number of rotatable bonds is 13. The first-order chi connectivity index (χ1) is 17.0. The van der Waals surface area contributed by atoms with Crippen LogP contribution in [0.25, 0.3) is 0 Å². The van der Waals surface area contributed by atoms with Crippen LogP contribution < -0.4 is 16.0 Å². The van der Waals surface area contributed by atoms with Crippen molar-refractivity contribution in [1.29, 1.82) is 0 Å². The van der Waals surface area contributed by atoms with E-state index >= 15 is 0 Å². The van der Waals surface area contributed by atoms with E-state index in [0.717, 1.165) is 4.90 Å². The van der Waals surface area contributed by atoms with Crippen LogP contribution in [0, 0.1) is 5.92 Å². The quantitative estimate of drug-likeness (QED) is 0.235. The molecule has 0 bridgehead atoms. The monoisotopic (exact) mass is 500 g/mol. The number of hydrogen-bond acceptors (Lipinski definition) is 6. The Hall–Kier alpha value is -4.02. The van der Waals surface area contributed by atoms with E-state index in [2.05, 4.69) is 16.0 Å². The van der Waals surface area contributed by atoms with Crippen LogP contribution in [0.2, 0.25) is 0 Å². The molecule has 5 amide bonds. The van der Waals surface area contributed by atoms with Crippen LogP contribution in [-0.2, 0) is 24.0 Å². The minimum atomic E-state index is -1.13. The Morgan fingerprint density at radius 3 is 2.19 bits per heavy atom. The SMILES string of the molecule is CC(C)[C@H](NC(=O)CCCCCN1C(=O)C=CC1=O)C(=O)N[C@@H](C)C(=O)Nc1cccc(C(=O)O)c1. The summed E-state index contributed by atoms with van der Waals surface area (Å²) in [5.41, 5.74) is 0.298. The third-order valence-corrected chi connectivity index (χ3v) is 5.58. The molecule has 0 saturated heterocycles. The summed E-state index contributed by atoms with van der Waals surface area (Å²) in [6, 6.07) is 3.95. The minimum Gasteiger partial charge on any atom is -0.478 e. The molecule has 0 aromatic heterocycles. The van der Waals surface area contributed by atoms with Crippen LogP contribution in [0.3, 0.4) is 0 Å². The van der Waals surface area contributed by atoms with Gasteiger partial charge in [0, 0.05) is 30.8 Å². The fourth-order valence-electron chi connectivity index (χ4n) is 3.51. The van der Waals surface area contributed by atoms with Gasteiger partial charge < -0.3 is 21.1 Å². The van der Waals surface area contributed by atoms with Crippen molar-refractivity contribution in [1.82, 2.24) is 15.5 Å². The number of anilines is 1. The summed E-state index contributed by atoms with van der Waals surface area (Å²) in [5.74, 6) is -3.40. The van der Waals surface area contributed by atoms with E-state index in [1.54, 1.807) is 13.8 Å². The van der Waals surface area contributed by atoms with Crippen molar-refractivity contribution in [2.45, 2.75) is 58.5 Å². The molecule has 4 N–H and O–H groups in total. The zero-order chi connectivity index (χ0) is 26.8. The second kappa shape index (κ2) is 13.2. The number of carboxylic acids is 1. The first-order valence-electron chi connectivity index (χ1n) is 11.8. The predicted octanol–water partition coefficient (Wildman–Crippen LogP) is 1.45. The summed E-state index contributed by atoms with van der Waals surface area (Å²) in [4.78, 5) is 72.9. The summed E-state index contributed by atoms with van der Waals surface area (Å²) in [7, 11) is 0. The maximum atomic E-state index is 12.8. The van der Waals surface area contributed by atoms with Crippen LogP contribution in [0.5, 0.6) is 0 Å². The number of amides is 5. The standard InChI is InChI=1S/C25H32N4O7/c1-15(2)22(28-19(30)10-5-4-6-13-29-20(31)11-12-21(29)32)24(34)26-16(3)23(33)27-18-9-7-8-17(14-18)25(35)36/h7-9,11-12,14-16,22H,4-6,10,13H2,1-3H3,(H,26,34)(H,27,33)(H,28,30)(H,35,36)/t16-,22-/m0/s1. The van der Waals surface area contributed by atoms with Crippen LogP contribution in [0.15, 0.2) is 36.4 Å². The van der Waals surface area contributed by atoms with Crippen LogP contribution in [-0.4, -0.2) is 64.1 Å². The predicted molar refractivity (Wildman–Crippen MR) is 131 cm³/mol. The number of hydrogen-bond donors (Lipinski definition) is 4. The highest BCUT2D eigenvalue weighted by Gasteiger charge is 2.27. The van der Waals surface area contributed by atoms with E-state index in [4.69, 9.17) is 5.11 Å². The van der Waals surface area contributed by atoms with Crippen molar-refractivity contribution >= 4 is 41.2 Å². The highest BCUT2D eigenvalue weighted by atomic mass is 16.4. The Morgan fingerprint density at radius 1 is 0.917 bits per heavy atom. The highest BCUT2D eigenvalue weighted by molar-refractivity contribution is 6.12. The molecule has 0 saturated carbocycles. The summed E-state index contributed by atoms with van der Waals surface area (Å²) in [6.07, 6.45) is 4.36. The van der Waals surface area contributed by atoms with Crippen LogP contribution in [0.4, 0.5) is 5.69 Å². The number of unbranched alkanes of at least 4 members (excludes halogenated alkanes) is 2. The lowest BCUT2D eigenvalue weighted by Gasteiger charge is -2.24. The lowest BCUT2D eigenvalue weighted by molar-refractivity contribution is -0.137. The molecule has 0 aliphatic carbocycles. The van der Waals surface area contributed by atoms with Gasteiger partial charge in [-0.3, -0.25) is 28.9 Å². The first kappa shape index (κ1) is 28.2. The largest absolute Gasteiger partial charge is 0.478 e. The second-order valence-corrected chi connectivity index (χ2v) is 8.87. The third-order valence-electron chi connectivity index (χ3n) is 5.58. The molecule has 11 heteroatoms. The minimum absolute atomic E-state index is 0.0158. The van der Waals surface area contributed by atoms with Crippen molar-refractivity contribution < 1.29 is 33.9 Å². The van der Waals surface area contributed by atoms with Gasteiger partial charge >= 0.3 is 5.97 Å². The summed E-state index contributed by atoms with van der Waals surface area (Å²) in [5, 5.41) is 16.9. The number of carbonyl (C=O) groups excluding carboxylic acids is 5. The van der Waals surface area contributed by atoms with E-state index in [1.807, 2.05) is 0 Å². The zero-order valence-electron chi connectivity index (χ0n) is 20.6. The van der Waals surface area contributed by atoms with Gasteiger partial charge in [0.15, 0.2) is 0 Å². The fraction of sp³-hybridized carbons (Fsp3) is 0.440. The van der Waals surface area contributed by atoms with Crippen LogP contribution >= 0.6 is 0 Å². The molecule has 2 rings (SSSR count). The Morgan fingerprint density at radius 2 is 1.58 bits per heavy atom.